The minimum absolute atomic E-state index is 0.0449. The number of rotatable bonds is 1. The summed E-state index contributed by atoms with van der Waals surface area (Å²) in [5.41, 5.74) is 5.03. The third-order valence-electron chi connectivity index (χ3n) is 5.17. The Balaban J connectivity index is 1.88. The first-order valence-electron chi connectivity index (χ1n) is 8.63. The van der Waals surface area contributed by atoms with E-state index in [0.717, 1.165) is 33.3 Å². The third kappa shape index (κ3) is 2.23. The molecule has 2 aromatic heterocycles. The number of phenols is 1. The first kappa shape index (κ1) is 15.6. The second-order valence-electron chi connectivity index (χ2n) is 6.66. The van der Waals surface area contributed by atoms with E-state index < -0.39 is 5.92 Å². The van der Waals surface area contributed by atoms with Crippen LogP contribution in [0.2, 0.25) is 0 Å². The monoisotopic (exact) mass is 356 g/mol. The van der Waals surface area contributed by atoms with Gasteiger partial charge in [-0.15, -0.1) is 5.10 Å². The maximum absolute atomic E-state index is 13.5. The van der Waals surface area contributed by atoms with Gasteiger partial charge in [0, 0.05) is 29.8 Å². The largest absolute Gasteiger partial charge is 0.508 e. The normalized spacial score (nSPS) is 16.1. The fourth-order valence-electron chi connectivity index (χ4n) is 3.86. The zero-order valence-electron chi connectivity index (χ0n) is 14.5. The lowest BCUT2D eigenvalue weighted by atomic mass is 9.86. The van der Waals surface area contributed by atoms with Crippen LogP contribution in [0.4, 0.5) is 5.69 Å². The molecule has 0 radical (unpaired) electrons. The first-order valence-corrected chi connectivity index (χ1v) is 8.63. The molecule has 1 aliphatic heterocycles. The number of carbonyl (C=O) groups excluding carboxylic acids is 1. The van der Waals surface area contributed by atoms with Crippen molar-refractivity contribution >= 4 is 22.6 Å². The molecule has 6 heteroatoms. The number of benzene rings is 2. The average Bonchev–Trinajstić information content (AvgIpc) is 3.12. The van der Waals surface area contributed by atoms with E-state index in [1.165, 1.54) is 0 Å². The highest BCUT2D eigenvalue weighted by Crippen LogP contribution is 2.43. The predicted molar refractivity (Wildman–Crippen MR) is 103 cm³/mol. The van der Waals surface area contributed by atoms with Gasteiger partial charge < -0.3 is 15.0 Å². The lowest BCUT2D eigenvalue weighted by Crippen LogP contribution is -2.33. The number of phenolic OH excluding ortho intramolecular Hbond substituents is 1. The second kappa shape index (κ2) is 5.67. The highest BCUT2D eigenvalue weighted by molar-refractivity contribution is 6.10. The van der Waals surface area contributed by atoms with E-state index in [9.17, 15) is 9.90 Å². The van der Waals surface area contributed by atoms with E-state index in [1.807, 2.05) is 30.5 Å². The maximum atomic E-state index is 13.5. The van der Waals surface area contributed by atoms with Crippen LogP contribution in [0.25, 0.3) is 22.2 Å². The van der Waals surface area contributed by atoms with Crippen LogP contribution in [0.5, 0.6) is 5.75 Å². The SMILES string of the molecule is CN1C(=O)C(c2ccc(O)cc2)c2c[nH]c3nncc(c23)-c2ccccc21. The van der Waals surface area contributed by atoms with Crippen molar-refractivity contribution in [1.29, 1.82) is 0 Å². The van der Waals surface area contributed by atoms with Crippen molar-refractivity contribution in [3.8, 4) is 16.9 Å². The van der Waals surface area contributed by atoms with Gasteiger partial charge in [-0.25, -0.2) is 0 Å². The van der Waals surface area contributed by atoms with Crippen molar-refractivity contribution < 1.29 is 9.90 Å². The Morgan fingerprint density at radius 2 is 1.85 bits per heavy atom. The van der Waals surface area contributed by atoms with Gasteiger partial charge in [-0.1, -0.05) is 30.3 Å². The lowest BCUT2D eigenvalue weighted by Gasteiger charge is -2.28. The Hall–Kier alpha value is -3.67. The number of nitrogens with zero attached hydrogens (tertiary/aromatic N) is 3. The first-order chi connectivity index (χ1) is 13.1. The van der Waals surface area contributed by atoms with Gasteiger partial charge in [0.05, 0.1) is 17.8 Å². The average molecular weight is 356 g/mol. The molecule has 0 saturated carbocycles. The van der Waals surface area contributed by atoms with Crippen molar-refractivity contribution in [2.45, 2.75) is 5.92 Å². The van der Waals surface area contributed by atoms with Crippen LogP contribution in [0.3, 0.4) is 0 Å². The molecule has 1 unspecified atom stereocenters. The Bertz CT molecular complexity index is 1180. The highest BCUT2D eigenvalue weighted by atomic mass is 16.3. The fraction of sp³-hybridized carbons (Fsp3) is 0.0952. The van der Waals surface area contributed by atoms with Crippen molar-refractivity contribution in [2.75, 3.05) is 11.9 Å². The van der Waals surface area contributed by atoms with Gasteiger partial charge in [0.25, 0.3) is 0 Å². The summed E-state index contributed by atoms with van der Waals surface area (Å²) in [5.74, 6) is -0.390. The van der Waals surface area contributed by atoms with Crippen molar-refractivity contribution in [1.82, 2.24) is 15.2 Å². The van der Waals surface area contributed by atoms with Crippen LogP contribution in [-0.2, 0) is 4.79 Å². The molecule has 1 amide bonds. The van der Waals surface area contributed by atoms with Crippen LogP contribution in [-0.4, -0.2) is 33.2 Å². The third-order valence-corrected chi connectivity index (χ3v) is 5.17. The van der Waals surface area contributed by atoms with Crippen LogP contribution in [0.1, 0.15) is 17.0 Å². The molecule has 0 fully saturated rings. The van der Waals surface area contributed by atoms with Crippen molar-refractivity contribution in [3.05, 3.63) is 72.1 Å². The van der Waals surface area contributed by atoms with Gasteiger partial charge >= 0.3 is 0 Å². The molecule has 5 rings (SSSR count). The van der Waals surface area contributed by atoms with Gasteiger partial charge in [0.15, 0.2) is 5.65 Å². The molecule has 132 valence electrons. The van der Waals surface area contributed by atoms with Gasteiger partial charge in [0.2, 0.25) is 5.91 Å². The van der Waals surface area contributed by atoms with E-state index in [0.29, 0.717) is 5.65 Å². The number of likely N-dealkylation sites (N-methyl/N-ethyl adjacent to an activating group) is 1. The summed E-state index contributed by atoms with van der Waals surface area (Å²) in [7, 11) is 1.79. The van der Waals surface area contributed by atoms with E-state index in [2.05, 4.69) is 15.2 Å². The number of aromatic hydroxyl groups is 1. The number of H-pyrrole nitrogens is 1. The van der Waals surface area contributed by atoms with Crippen molar-refractivity contribution in [3.63, 3.8) is 0 Å². The van der Waals surface area contributed by atoms with Crippen LogP contribution in [0, 0.1) is 0 Å². The molecule has 3 heterocycles. The van der Waals surface area contributed by atoms with Gasteiger partial charge in [0.1, 0.15) is 5.75 Å². The maximum Gasteiger partial charge on any atom is 0.238 e. The number of aromatic nitrogens is 3. The highest BCUT2D eigenvalue weighted by Gasteiger charge is 2.33. The summed E-state index contributed by atoms with van der Waals surface area (Å²) in [6.45, 7) is 0. The molecule has 0 saturated heterocycles. The summed E-state index contributed by atoms with van der Waals surface area (Å²) < 4.78 is 0. The van der Waals surface area contributed by atoms with E-state index in [4.69, 9.17) is 0 Å². The minimum atomic E-state index is -0.513. The molecule has 1 aliphatic rings. The summed E-state index contributed by atoms with van der Waals surface area (Å²) in [6, 6.07) is 14.6. The molecule has 27 heavy (non-hydrogen) atoms. The van der Waals surface area contributed by atoms with Gasteiger partial charge in [-0.2, -0.15) is 5.10 Å². The van der Waals surface area contributed by atoms with Crippen LogP contribution in [0.15, 0.2) is 60.9 Å². The molecular formula is C21H16N4O2. The minimum Gasteiger partial charge on any atom is -0.508 e. The van der Waals surface area contributed by atoms with Gasteiger partial charge in [-0.3, -0.25) is 4.79 Å². The number of para-hydroxylation sites is 1. The molecule has 4 aromatic rings. The van der Waals surface area contributed by atoms with Crippen LogP contribution >= 0.6 is 0 Å². The zero-order valence-corrected chi connectivity index (χ0v) is 14.5. The zero-order chi connectivity index (χ0) is 18.5. The molecule has 2 aromatic carbocycles. The van der Waals surface area contributed by atoms with Gasteiger partial charge in [-0.05, 0) is 29.3 Å². The molecule has 2 N–H and O–H groups in total. The van der Waals surface area contributed by atoms with Crippen molar-refractivity contribution in [2.24, 2.45) is 0 Å². The second-order valence-corrected chi connectivity index (χ2v) is 6.66. The number of hydrogen-bond donors (Lipinski definition) is 2. The Kier molecular flexibility index (Phi) is 3.27. The number of fused-ring (bicyclic) bond motifs is 2. The number of hydrogen-bond acceptors (Lipinski definition) is 4. The lowest BCUT2D eigenvalue weighted by molar-refractivity contribution is -0.118. The Morgan fingerprint density at radius 1 is 1.07 bits per heavy atom. The van der Waals surface area contributed by atoms with E-state index in [-0.39, 0.29) is 11.7 Å². The number of aromatic amines is 1. The Labute approximate surface area is 155 Å². The standard InChI is InChI=1S/C21H16N4O2/c1-25-17-5-3-2-4-14(17)15-11-23-24-20-19(15)16(10-22-20)18(21(25)27)12-6-8-13(26)9-7-12/h2-11,18,26H,1H3,(H,22,24). The number of nitrogens with one attached hydrogen (secondary N) is 1. The Morgan fingerprint density at radius 3 is 2.67 bits per heavy atom. The number of carbonyl (C=O) groups is 1. The molecule has 0 aliphatic carbocycles. The van der Waals surface area contributed by atoms with Crippen LogP contribution < -0.4 is 4.90 Å². The molecule has 0 spiro atoms. The fourth-order valence-corrected chi connectivity index (χ4v) is 3.86. The smallest absolute Gasteiger partial charge is 0.238 e. The molecule has 1 atom stereocenters. The molecular weight excluding hydrogens is 340 g/mol. The summed E-state index contributed by atoms with van der Waals surface area (Å²) in [5, 5.41) is 18.9. The summed E-state index contributed by atoms with van der Waals surface area (Å²) in [6.07, 6.45) is 3.58. The molecule has 0 bridgehead atoms. The topological polar surface area (TPSA) is 82.1 Å². The number of amides is 1. The molecule has 6 nitrogen and oxygen atoms in total. The predicted octanol–water partition coefficient (Wildman–Crippen LogP) is 3.44. The summed E-state index contributed by atoms with van der Waals surface area (Å²) in [4.78, 5) is 18.4. The summed E-state index contributed by atoms with van der Waals surface area (Å²) >= 11 is 0. The van der Waals surface area contributed by atoms with E-state index in [1.54, 1.807) is 42.4 Å². The van der Waals surface area contributed by atoms with E-state index >= 15 is 0 Å². The quantitative estimate of drug-likeness (QED) is 0.547. The number of anilines is 1.